The molecule has 0 unspecified atom stereocenters. The van der Waals surface area contributed by atoms with Crippen molar-refractivity contribution >= 4 is 0 Å². The van der Waals surface area contributed by atoms with Crippen LogP contribution in [0.2, 0.25) is 0 Å². The Morgan fingerprint density at radius 3 is 2.70 bits per heavy atom. The second kappa shape index (κ2) is 7.06. The molecule has 1 N–H and O–H groups in total. The van der Waals surface area contributed by atoms with E-state index in [9.17, 15) is 4.39 Å². The van der Waals surface area contributed by atoms with E-state index in [0.29, 0.717) is 13.2 Å². The lowest BCUT2D eigenvalue weighted by Gasteiger charge is -2.16. The van der Waals surface area contributed by atoms with Gasteiger partial charge in [0.2, 0.25) is 0 Å². The molecule has 0 saturated heterocycles. The fourth-order valence-electron chi connectivity index (χ4n) is 2.10. The molecule has 2 aromatic carbocycles. The molecule has 0 radical (unpaired) electrons. The summed E-state index contributed by atoms with van der Waals surface area (Å²) in [5.41, 5.74) is 2.05. The molecule has 0 heterocycles. The molecule has 0 aromatic heterocycles. The zero-order chi connectivity index (χ0) is 14.4. The molecule has 1 atom stereocenters. The predicted octanol–water partition coefficient (Wildman–Crippen LogP) is 4.08. The smallest absolute Gasteiger partial charge is 0.123 e. The van der Waals surface area contributed by atoms with Gasteiger partial charge in [-0.2, -0.15) is 0 Å². The van der Waals surface area contributed by atoms with Crippen LogP contribution in [0, 0.1) is 5.82 Å². The highest BCUT2D eigenvalue weighted by atomic mass is 19.1. The number of halogens is 1. The summed E-state index contributed by atoms with van der Waals surface area (Å²) in [5, 5.41) is 3.39. The maximum Gasteiger partial charge on any atom is 0.123 e. The molecule has 0 spiro atoms. The van der Waals surface area contributed by atoms with Crippen molar-refractivity contribution < 1.29 is 9.13 Å². The van der Waals surface area contributed by atoms with E-state index in [-0.39, 0.29) is 11.9 Å². The molecule has 106 valence electrons. The van der Waals surface area contributed by atoms with Crippen molar-refractivity contribution in [2.24, 2.45) is 0 Å². The van der Waals surface area contributed by atoms with Crippen LogP contribution in [0.15, 0.2) is 48.5 Å². The molecular formula is C17H20FNO. The molecule has 0 amide bonds. The monoisotopic (exact) mass is 273 g/mol. The highest BCUT2D eigenvalue weighted by Gasteiger charge is 2.08. The summed E-state index contributed by atoms with van der Waals surface area (Å²) in [6, 6.07) is 14.7. The van der Waals surface area contributed by atoms with E-state index >= 15 is 0 Å². The molecule has 0 bridgehead atoms. The van der Waals surface area contributed by atoms with Crippen LogP contribution in [-0.2, 0) is 6.54 Å². The van der Waals surface area contributed by atoms with Gasteiger partial charge in [-0.3, -0.25) is 0 Å². The molecule has 0 aliphatic heterocycles. The van der Waals surface area contributed by atoms with Crippen LogP contribution in [0.5, 0.6) is 5.75 Å². The Bertz CT molecular complexity index is 556. The molecule has 3 heteroatoms. The number of rotatable bonds is 6. The second-order valence-corrected chi connectivity index (χ2v) is 4.70. The second-order valence-electron chi connectivity index (χ2n) is 4.70. The van der Waals surface area contributed by atoms with Crippen LogP contribution >= 0.6 is 0 Å². The lowest BCUT2D eigenvalue weighted by Crippen LogP contribution is -2.18. The molecule has 0 saturated carbocycles. The Kier molecular flexibility index (Phi) is 5.13. The molecule has 2 nitrogen and oxygen atoms in total. The van der Waals surface area contributed by atoms with Gasteiger partial charge in [0.05, 0.1) is 6.61 Å². The average molecular weight is 273 g/mol. The summed E-state index contributed by atoms with van der Waals surface area (Å²) >= 11 is 0. The largest absolute Gasteiger partial charge is 0.494 e. The normalized spacial score (nSPS) is 12.2. The van der Waals surface area contributed by atoms with E-state index in [0.717, 1.165) is 16.9 Å². The fourth-order valence-corrected chi connectivity index (χ4v) is 2.10. The lowest BCUT2D eigenvalue weighted by atomic mass is 10.1. The molecule has 0 fully saturated rings. The predicted molar refractivity (Wildman–Crippen MR) is 79.3 cm³/mol. The third kappa shape index (κ3) is 3.81. The number of hydrogen-bond donors (Lipinski definition) is 1. The molecular weight excluding hydrogens is 253 g/mol. The third-order valence-corrected chi connectivity index (χ3v) is 3.22. The minimum atomic E-state index is -0.203. The van der Waals surface area contributed by atoms with E-state index in [1.165, 1.54) is 6.07 Å². The van der Waals surface area contributed by atoms with Crippen molar-refractivity contribution in [3.8, 4) is 5.75 Å². The van der Waals surface area contributed by atoms with Crippen LogP contribution in [0.1, 0.15) is 31.0 Å². The van der Waals surface area contributed by atoms with Crippen LogP contribution in [0.25, 0.3) is 0 Å². The molecule has 20 heavy (non-hydrogen) atoms. The van der Waals surface area contributed by atoms with Crippen LogP contribution in [0.3, 0.4) is 0 Å². The molecule has 2 rings (SSSR count). The highest BCUT2D eigenvalue weighted by molar-refractivity contribution is 5.33. The van der Waals surface area contributed by atoms with Crippen molar-refractivity contribution in [1.29, 1.82) is 0 Å². The van der Waals surface area contributed by atoms with Crippen molar-refractivity contribution in [3.05, 3.63) is 65.5 Å². The van der Waals surface area contributed by atoms with Gasteiger partial charge in [-0.1, -0.05) is 30.3 Å². The first kappa shape index (κ1) is 14.5. The number of para-hydroxylation sites is 1. The summed E-state index contributed by atoms with van der Waals surface area (Å²) in [6.07, 6.45) is 0. The van der Waals surface area contributed by atoms with Gasteiger partial charge in [0, 0.05) is 18.2 Å². The van der Waals surface area contributed by atoms with Gasteiger partial charge >= 0.3 is 0 Å². The SMILES string of the molecule is CCOc1ccccc1CN[C@@H](C)c1cccc(F)c1. The molecule has 0 aliphatic carbocycles. The Morgan fingerprint density at radius 2 is 1.95 bits per heavy atom. The van der Waals surface area contributed by atoms with Gasteiger partial charge in [-0.25, -0.2) is 4.39 Å². The first-order chi connectivity index (χ1) is 9.70. The van der Waals surface area contributed by atoms with Gasteiger partial charge < -0.3 is 10.1 Å². The molecule has 0 aliphatic rings. The quantitative estimate of drug-likeness (QED) is 0.856. The zero-order valence-electron chi connectivity index (χ0n) is 11.9. The molecule has 2 aromatic rings. The van der Waals surface area contributed by atoms with Crippen molar-refractivity contribution in [2.75, 3.05) is 6.61 Å². The van der Waals surface area contributed by atoms with Gasteiger partial charge in [0.1, 0.15) is 11.6 Å². The summed E-state index contributed by atoms with van der Waals surface area (Å²) < 4.78 is 18.8. The van der Waals surface area contributed by atoms with E-state index in [1.54, 1.807) is 12.1 Å². The van der Waals surface area contributed by atoms with Crippen molar-refractivity contribution in [1.82, 2.24) is 5.32 Å². The van der Waals surface area contributed by atoms with Gasteiger partial charge in [-0.15, -0.1) is 0 Å². The fraction of sp³-hybridized carbons (Fsp3) is 0.294. The lowest BCUT2D eigenvalue weighted by molar-refractivity contribution is 0.335. The average Bonchev–Trinajstić information content (AvgIpc) is 2.46. The van der Waals surface area contributed by atoms with Gasteiger partial charge in [0.15, 0.2) is 0 Å². The van der Waals surface area contributed by atoms with Crippen LogP contribution in [-0.4, -0.2) is 6.61 Å². The topological polar surface area (TPSA) is 21.3 Å². The van der Waals surface area contributed by atoms with Gasteiger partial charge in [-0.05, 0) is 37.6 Å². The summed E-state index contributed by atoms with van der Waals surface area (Å²) in [6.45, 7) is 5.34. The van der Waals surface area contributed by atoms with E-state index in [2.05, 4.69) is 5.32 Å². The van der Waals surface area contributed by atoms with Gasteiger partial charge in [0.25, 0.3) is 0 Å². The summed E-state index contributed by atoms with van der Waals surface area (Å²) in [7, 11) is 0. The Hall–Kier alpha value is -1.87. The van der Waals surface area contributed by atoms with Crippen LogP contribution in [0.4, 0.5) is 4.39 Å². The zero-order valence-corrected chi connectivity index (χ0v) is 11.9. The number of hydrogen-bond acceptors (Lipinski definition) is 2. The van der Waals surface area contributed by atoms with Crippen molar-refractivity contribution in [2.45, 2.75) is 26.4 Å². The third-order valence-electron chi connectivity index (χ3n) is 3.22. The van der Waals surface area contributed by atoms with Crippen molar-refractivity contribution in [3.63, 3.8) is 0 Å². The minimum absolute atomic E-state index is 0.0837. The summed E-state index contributed by atoms with van der Waals surface area (Å²) in [5.74, 6) is 0.694. The van der Waals surface area contributed by atoms with E-state index < -0.39 is 0 Å². The van der Waals surface area contributed by atoms with Crippen LogP contribution < -0.4 is 10.1 Å². The Labute approximate surface area is 119 Å². The first-order valence-electron chi connectivity index (χ1n) is 6.90. The van der Waals surface area contributed by atoms with E-state index in [1.807, 2.05) is 44.2 Å². The highest BCUT2D eigenvalue weighted by Crippen LogP contribution is 2.20. The standard InChI is InChI=1S/C17H20FNO/c1-3-20-17-10-5-4-7-15(17)12-19-13(2)14-8-6-9-16(18)11-14/h4-11,13,19H,3,12H2,1-2H3/t13-/m0/s1. The number of ether oxygens (including phenoxy) is 1. The Morgan fingerprint density at radius 1 is 1.15 bits per heavy atom. The number of benzene rings is 2. The number of nitrogens with one attached hydrogen (secondary N) is 1. The first-order valence-corrected chi connectivity index (χ1v) is 6.90. The minimum Gasteiger partial charge on any atom is -0.494 e. The maximum atomic E-state index is 13.2. The maximum absolute atomic E-state index is 13.2. The summed E-state index contributed by atoms with van der Waals surface area (Å²) in [4.78, 5) is 0. The Balaban J connectivity index is 2.01. The van der Waals surface area contributed by atoms with E-state index in [4.69, 9.17) is 4.74 Å².